The molecule has 0 N–H and O–H groups in total. The highest BCUT2D eigenvalue weighted by Crippen LogP contribution is 2.32. The minimum atomic E-state index is -4.33. The van der Waals surface area contributed by atoms with Crippen LogP contribution in [0.4, 0.5) is 13.2 Å². The van der Waals surface area contributed by atoms with Gasteiger partial charge >= 0.3 is 6.18 Å². The molecule has 0 atom stereocenters. The summed E-state index contributed by atoms with van der Waals surface area (Å²) in [5.41, 5.74) is 8.92. The standard InChI is InChI=1S/C29H24F3N2/c1-19-16-20(2)27(21(3)17-19)34-18-33-15-5-4-6-26(33)28(34)24-9-7-22(8-10-24)23-11-13-25(14-12-23)29(30,31)32/h4-18H,1-3H3/q+1. The fourth-order valence-electron chi connectivity index (χ4n) is 4.74. The number of halogens is 3. The number of alkyl halides is 3. The Morgan fingerprint density at radius 3 is 1.85 bits per heavy atom. The van der Waals surface area contributed by atoms with Crippen molar-refractivity contribution in [1.29, 1.82) is 0 Å². The van der Waals surface area contributed by atoms with Gasteiger partial charge in [-0.2, -0.15) is 17.7 Å². The maximum Gasteiger partial charge on any atom is 0.416 e. The zero-order chi connectivity index (χ0) is 24.0. The van der Waals surface area contributed by atoms with Crippen LogP contribution in [0.5, 0.6) is 0 Å². The van der Waals surface area contributed by atoms with Crippen molar-refractivity contribution < 1.29 is 17.7 Å². The van der Waals surface area contributed by atoms with Crippen molar-refractivity contribution in [3.05, 3.63) is 114 Å². The first-order chi connectivity index (χ1) is 16.2. The smallest absolute Gasteiger partial charge is 0.201 e. The van der Waals surface area contributed by atoms with Gasteiger partial charge in [-0.05, 0) is 79.4 Å². The molecule has 0 aliphatic heterocycles. The van der Waals surface area contributed by atoms with Crippen LogP contribution in [-0.4, -0.2) is 4.40 Å². The van der Waals surface area contributed by atoms with Crippen LogP contribution in [0.1, 0.15) is 22.3 Å². The average molecular weight is 458 g/mol. The van der Waals surface area contributed by atoms with Crippen molar-refractivity contribution in [1.82, 2.24) is 4.40 Å². The SMILES string of the molecule is Cc1cc(C)c(-[n+]2cn3ccccc3c2-c2ccc(-c3ccc(C(F)(F)F)cc3)cc2)c(C)c1. The molecule has 170 valence electrons. The summed E-state index contributed by atoms with van der Waals surface area (Å²) in [5, 5.41) is 0. The molecule has 5 aromatic rings. The van der Waals surface area contributed by atoms with Crippen LogP contribution in [0.15, 0.2) is 91.4 Å². The number of fused-ring (bicyclic) bond motifs is 1. The molecule has 0 amide bonds. The third kappa shape index (κ3) is 3.87. The summed E-state index contributed by atoms with van der Waals surface area (Å²) in [4.78, 5) is 0. The highest BCUT2D eigenvalue weighted by Gasteiger charge is 2.30. The Morgan fingerprint density at radius 1 is 0.706 bits per heavy atom. The lowest BCUT2D eigenvalue weighted by Gasteiger charge is -2.11. The summed E-state index contributed by atoms with van der Waals surface area (Å²) in [5.74, 6) is 0. The Morgan fingerprint density at radius 2 is 1.26 bits per heavy atom. The number of hydrogen-bond donors (Lipinski definition) is 0. The molecule has 5 rings (SSSR count). The summed E-state index contributed by atoms with van der Waals surface area (Å²) in [6.45, 7) is 6.36. The molecule has 5 heteroatoms. The van der Waals surface area contributed by atoms with Gasteiger partial charge in [0.2, 0.25) is 0 Å². The van der Waals surface area contributed by atoms with E-state index in [9.17, 15) is 13.2 Å². The molecule has 0 saturated heterocycles. The minimum absolute atomic E-state index is 0.641. The van der Waals surface area contributed by atoms with E-state index in [-0.39, 0.29) is 0 Å². The van der Waals surface area contributed by atoms with Crippen LogP contribution in [0.2, 0.25) is 0 Å². The lowest BCUT2D eigenvalue weighted by atomic mass is 10.0. The highest BCUT2D eigenvalue weighted by molar-refractivity contribution is 5.77. The number of aryl methyl sites for hydroxylation is 3. The van der Waals surface area contributed by atoms with E-state index in [4.69, 9.17) is 0 Å². The molecule has 0 saturated carbocycles. The highest BCUT2D eigenvalue weighted by atomic mass is 19.4. The van der Waals surface area contributed by atoms with E-state index in [1.807, 2.05) is 42.6 Å². The molecule has 3 aromatic carbocycles. The molecular weight excluding hydrogens is 433 g/mol. The summed E-state index contributed by atoms with van der Waals surface area (Å²) in [6, 6.07) is 23.8. The van der Waals surface area contributed by atoms with E-state index in [0.717, 1.165) is 45.7 Å². The summed E-state index contributed by atoms with van der Waals surface area (Å²) in [7, 11) is 0. The first-order valence-corrected chi connectivity index (χ1v) is 11.1. The Labute approximate surface area is 196 Å². The van der Waals surface area contributed by atoms with Crippen molar-refractivity contribution >= 4 is 5.52 Å². The van der Waals surface area contributed by atoms with Gasteiger partial charge in [-0.1, -0.05) is 48.0 Å². The number of hydrogen-bond acceptors (Lipinski definition) is 0. The molecule has 34 heavy (non-hydrogen) atoms. The molecule has 0 unspecified atom stereocenters. The second kappa shape index (κ2) is 8.17. The second-order valence-electron chi connectivity index (χ2n) is 8.73. The van der Waals surface area contributed by atoms with Crippen LogP contribution in [0.25, 0.3) is 33.6 Å². The van der Waals surface area contributed by atoms with E-state index in [1.165, 1.54) is 28.8 Å². The van der Waals surface area contributed by atoms with Crippen LogP contribution >= 0.6 is 0 Å². The Kier molecular flexibility index (Phi) is 5.28. The number of aromatic nitrogens is 2. The summed E-state index contributed by atoms with van der Waals surface area (Å²) in [6.07, 6.45) is -0.206. The monoisotopic (exact) mass is 457 g/mol. The number of imidazole rings is 1. The Balaban J connectivity index is 1.62. The largest absolute Gasteiger partial charge is 0.416 e. The minimum Gasteiger partial charge on any atom is -0.201 e. The molecule has 0 aliphatic carbocycles. The van der Waals surface area contributed by atoms with E-state index in [1.54, 1.807) is 0 Å². The van der Waals surface area contributed by atoms with Crippen molar-refractivity contribution in [3.8, 4) is 28.1 Å². The molecule has 2 heterocycles. The number of nitrogens with zero attached hydrogens (tertiary/aromatic N) is 2. The molecule has 0 fully saturated rings. The lowest BCUT2D eigenvalue weighted by molar-refractivity contribution is -0.583. The lowest BCUT2D eigenvalue weighted by Crippen LogP contribution is -2.33. The van der Waals surface area contributed by atoms with Crippen molar-refractivity contribution in [2.45, 2.75) is 26.9 Å². The van der Waals surface area contributed by atoms with Crippen molar-refractivity contribution in [3.63, 3.8) is 0 Å². The van der Waals surface area contributed by atoms with Gasteiger partial charge in [-0.15, -0.1) is 0 Å². The van der Waals surface area contributed by atoms with Crippen LogP contribution < -0.4 is 4.57 Å². The van der Waals surface area contributed by atoms with Gasteiger partial charge in [0.25, 0.3) is 6.33 Å². The number of rotatable bonds is 3. The maximum absolute atomic E-state index is 12.9. The number of benzene rings is 3. The van der Waals surface area contributed by atoms with E-state index >= 15 is 0 Å². The first kappa shape index (κ1) is 22.0. The third-order valence-corrected chi connectivity index (χ3v) is 6.19. The zero-order valence-electron chi connectivity index (χ0n) is 19.2. The molecule has 0 aliphatic rings. The third-order valence-electron chi connectivity index (χ3n) is 6.19. The zero-order valence-corrected chi connectivity index (χ0v) is 19.2. The van der Waals surface area contributed by atoms with Gasteiger partial charge < -0.3 is 0 Å². The van der Waals surface area contributed by atoms with Crippen LogP contribution in [0, 0.1) is 20.8 Å². The quantitative estimate of drug-likeness (QED) is 0.248. The van der Waals surface area contributed by atoms with E-state index in [2.05, 4.69) is 54.3 Å². The molecule has 2 aromatic heterocycles. The molecule has 0 bridgehead atoms. The normalized spacial score (nSPS) is 11.8. The maximum atomic E-state index is 12.9. The van der Waals surface area contributed by atoms with Crippen molar-refractivity contribution in [2.24, 2.45) is 0 Å². The van der Waals surface area contributed by atoms with E-state index in [0.29, 0.717) is 0 Å². The van der Waals surface area contributed by atoms with Gasteiger partial charge in [-0.3, -0.25) is 0 Å². The molecular formula is C29H24F3N2+. The molecule has 0 spiro atoms. The van der Waals surface area contributed by atoms with Gasteiger partial charge in [-0.25, -0.2) is 4.40 Å². The summed E-state index contributed by atoms with van der Waals surface area (Å²) >= 11 is 0. The van der Waals surface area contributed by atoms with Crippen LogP contribution in [0.3, 0.4) is 0 Å². The Hall–Kier alpha value is -3.86. The Bertz CT molecular complexity index is 1470. The predicted molar refractivity (Wildman–Crippen MR) is 129 cm³/mol. The molecule has 0 radical (unpaired) electrons. The first-order valence-electron chi connectivity index (χ1n) is 11.1. The van der Waals surface area contributed by atoms with Gasteiger partial charge in [0.15, 0.2) is 11.2 Å². The van der Waals surface area contributed by atoms with Gasteiger partial charge in [0.1, 0.15) is 5.69 Å². The molecule has 2 nitrogen and oxygen atoms in total. The summed E-state index contributed by atoms with van der Waals surface area (Å²) < 4.78 is 43.1. The van der Waals surface area contributed by atoms with Crippen LogP contribution in [-0.2, 0) is 6.18 Å². The second-order valence-corrected chi connectivity index (χ2v) is 8.73. The average Bonchev–Trinajstić information content (AvgIpc) is 3.17. The van der Waals surface area contributed by atoms with Gasteiger partial charge in [0.05, 0.1) is 11.8 Å². The fourth-order valence-corrected chi connectivity index (χ4v) is 4.74. The topological polar surface area (TPSA) is 8.29 Å². The fraction of sp³-hybridized carbons (Fsp3) is 0.138. The van der Waals surface area contributed by atoms with Crippen molar-refractivity contribution in [2.75, 3.05) is 0 Å². The number of pyridine rings is 1. The van der Waals surface area contributed by atoms with Gasteiger partial charge in [0, 0.05) is 5.56 Å². The van der Waals surface area contributed by atoms with E-state index < -0.39 is 11.7 Å². The predicted octanol–water partition coefficient (Wildman–Crippen LogP) is 7.49.